The molecule has 0 unspecified atom stereocenters. The predicted molar refractivity (Wildman–Crippen MR) is 132 cm³/mol. The highest BCUT2D eigenvalue weighted by molar-refractivity contribution is 5.80. The molecule has 0 fully saturated rings. The molecule has 4 nitrogen and oxygen atoms in total. The molecule has 4 aromatic rings. The first kappa shape index (κ1) is 22.3. The van der Waals surface area contributed by atoms with Crippen molar-refractivity contribution in [2.45, 2.75) is 25.1 Å². The smallest absolute Gasteiger partial charge is 0.234 e. The molecular weight excluding hydrogens is 408 g/mol. The van der Waals surface area contributed by atoms with Gasteiger partial charge in [-0.1, -0.05) is 103 Å². The zero-order valence-electron chi connectivity index (χ0n) is 18.4. The second-order valence-corrected chi connectivity index (χ2v) is 8.00. The van der Waals surface area contributed by atoms with Crippen LogP contribution < -0.4 is 15.8 Å². The number of hydrogen-bond donors (Lipinski definition) is 2. The fourth-order valence-corrected chi connectivity index (χ4v) is 3.82. The maximum Gasteiger partial charge on any atom is 0.234 e. The van der Waals surface area contributed by atoms with E-state index in [-0.39, 0.29) is 11.9 Å². The van der Waals surface area contributed by atoms with Crippen LogP contribution >= 0.6 is 0 Å². The van der Waals surface area contributed by atoms with Crippen LogP contribution in [0, 0.1) is 0 Å². The van der Waals surface area contributed by atoms with E-state index in [1.165, 1.54) is 0 Å². The van der Waals surface area contributed by atoms with Crippen molar-refractivity contribution in [3.8, 4) is 5.75 Å². The lowest BCUT2D eigenvalue weighted by Crippen LogP contribution is -2.44. The van der Waals surface area contributed by atoms with E-state index in [1.54, 1.807) is 0 Å². The van der Waals surface area contributed by atoms with Gasteiger partial charge in [0.2, 0.25) is 5.91 Å². The van der Waals surface area contributed by atoms with Crippen molar-refractivity contribution in [3.05, 3.63) is 138 Å². The van der Waals surface area contributed by atoms with Gasteiger partial charge in [-0.15, -0.1) is 0 Å². The minimum Gasteiger partial charge on any atom is -0.489 e. The first-order chi connectivity index (χ1) is 16.2. The maximum absolute atomic E-state index is 12.4. The van der Waals surface area contributed by atoms with Crippen LogP contribution in [0.4, 0.5) is 0 Å². The molecule has 0 aliphatic heterocycles. The lowest BCUT2D eigenvalue weighted by molar-refractivity contribution is -0.120. The molecule has 0 aliphatic carbocycles. The van der Waals surface area contributed by atoms with Crippen molar-refractivity contribution in [2.24, 2.45) is 5.73 Å². The van der Waals surface area contributed by atoms with E-state index >= 15 is 0 Å². The number of carbonyl (C=O) groups is 1. The number of ether oxygens (including phenoxy) is 1. The van der Waals surface area contributed by atoms with Crippen molar-refractivity contribution < 1.29 is 9.53 Å². The van der Waals surface area contributed by atoms with Crippen LogP contribution in [0.2, 0.25) is 0 Å². The summed E-state index contributed by atoms with van der Waals surface area (Å²) in [4.78, 5) is 12.4. The summed E-state index contributed by atoms with van der Waals surface area (Å²) >= 11 is 0. The molecule has 0 radical (unpaired) electrons. The molecule has 0 spiro atoms. The number of primary amides is 1. The Bertz CT molecular complexity index is 1090. The highest BCUT2D eigenvalue weighted by Crippen LogP contribution is 2.23. The second kappa shape index (κ2) is 11.1. The lowest BCUT2D eigenvalue weighted by atomic mass is 9.96. The summed E-state index contributed by atoms with van der Waals surface area (Å²) in [5, 5.41) is 3.49. The van der Waals surface area contributed by atoms with Gasteiger partial charge in [-0.3, -0.25) is 10.1 Å². The van der Waals surface area contributed by atoms with E-state index in [1.807, 2.05) is 91.0 Å². The van der Waals surface area contributed by atoms with Gasteiger partial charge in [0, 0.05) is 0 Å². The fourth-order valence-electron chi connectivity index (χ4n) is 3.82. The van der Waals surface area contributed by atoms with Crippen molar-refractivity contribution in [1.29, 1.82) is 0 Å². The molecule has 4 rings (SSSR count). The summed E-state index contributed by atoms with van der Waals surface area (Å²) in [5.74, 6) is 0.411. The Morgan fingerprint density at radius 1 is 0.697 bits per heavy atom. The number of amides is 1. The van der Waals surface area contributed by atoms with Crippen LogP contribution in [0.25, 0.3) is 0 Å². The van der Waals surface area contributed by atoms with Crippen molar-refractivity contribution in [3.63, 3.8) is 0 Å². The third-order valence-electron chi connectivity index (χ3n) is 5.59. The largest absolute Gasteiger partial charge is 0.489 e. The van der Waals surface area contributed by atoms with E-state index < -0.39 is 6.04 Å². The molecule has 0 aliphatic rings. The van der Waals surface area contributed by atoms with Gasteiger partial charge < -0.3 is 10.5 Å². The zero-order valence-corrected chi connectivity index (χ0v) is 18.4. The Labute approximate surface area is 195 Å². The predicted octanol–water partition coefficient (Wildman–Crippen LogP) is 5.04. The molecule has 0 heterocycles. The Hall–Kier alpha value is -3.89. The van der Waals surface area contributed by atoms with Crippen LogP contribution in [-0.2, 0) is 17.8 Å². The Morgan fingerprint density at radius 2 is 1.21 bits per heavy atom. The second-order valence-electron chi connectivity index (χ2n) is 8.00. The fraction of sp³-hybridized carbons (Fsp3) is 0.138. The topological polar surface area (TPSA) is 64.4 Å². The van der Waals surface area contributed by atoms with Gasteiger partial charge in [-0.05, 0) is 40.8 Å². The summed E-state index contributed by atoms with van der Waals surface area (Å²) in [6.07, 6.45) is 0.491. The van der Waals surface area contributed by atoms with Gasteiger partial charge in [0.15, 0.2) is 0 Å². The average Bonchev–Trinajstić information content (AvgIpc) is 2.87. The van der Waals surface area contributed by atoms with Crippen molar-refractivity contribution >= 4 is 5.91 Å². The molecule has 0 aromatic heterocycles. The van der Waals surface area contributed by atoms with Gasteiger partial charge >= 0.3 is 0 Å². The van der Waals surface area contributed by atoms with Crippen LogP contribution in [0.3, 0.4) is 0 Å². The average molecular weight is 437 g/mol. The quantitative estimate of drug-likeness (QED) is 0.366. The van der Waals surface area contributed by atoms with Gasteiger partial charge in [0.25, 0.3) is 0 Å². The van der Waals surface area contributed by atoms with Crippen LogP contribution in [0.15, 0.2) is 115 Å². The Kier molecular flexibility index (Phi) is 7.52. The van der Waals surface area contributed by atoms with E-state index in [2.05, 4.69) is 29.6 Å². The lowest BCUT2D eigenvalue weighted by Gasteiger charge is -2.25. The molecule has 0 saturated carbocycles. The minimum absolute atomic E-state index is 0.140. The molecule has 4 aromatic carbocycles. The molecule has 4 heteroatoms. The van der Waals surface area contributed by atoms with E-state index in [0.29, 0.717) is 13.0 Å². The first-order valence-corrected chi connectivity index (χ1v) is 11.1. The molecule has 0 saturated heterocycles. The van der Waals surface area contributed by atoms with E-state index in [4.69, 9.17) is 10.5 Å². The number of rotatable bonds is 10. The monoisotopic (exact) mass is 436 g/mol. The molecule has 0 bridgehead atoms. The number of nitrogens with two attached hydrogens (primary N) is 1. The summed E-state index contributed by atoms with van der Waals surface area (Å²) in [7, 11) is 0. The van der Waals surface area contributed by atoms with Crippen LogP contribution in [0.1, 0.15) is 28.3 Å². The maximum atomic E-state index is 12.4. The minimum atomic E-state index is -0.522. The number of carbonyl (C=O) groups excluding carboxylic acids is 1. The molecule has 1 amide bonds. The molecule has 33 heavy (non-hydrogen) atoms. The van der Waals surface area contributed by atoms with Crippen molar-refractivity contribution in [2.75, 3.05) is 0 Å². The standard InChI is InChI=1S/C29H28N2O2/c30-29(32)27(31-28(24-12-6-2-7-13-24)25-14-8-3-9-15-25)20-22-16-18-26(19-17-22)33-21-23-10-4-1-5-11-23/h1-19,27-28,31H,20-21H2,(H2,30,32)/t27-/m0/s1. The van der Waals surface area contributed by atoms with Crippen LogP contribution in [-0.4, -0.2) is 11.9 Å². The highest BCUT2D eigenvalue weighted by Gasteiger charge is 2.22. The van der Waals surface area contributed by atoms with Crippen LogP contribution in [0.5, 0.6) is 5.75 Å². The van der Waals surface area contributed by atoms with Gasteiger partial charge in [-0.25, -0.2) is 0 Å². The molecule has 3 N–H and O–H groups in total. The van der Waals surface area contributed by atoms with Crippen molar-refractivity contribution in [1.82, 2.24) is 5.32 Å². The molecular formula is C29H28N2O2. The first-order valence-electron chi connectivity index (χ1n) is 11.1. The Morgan fingerprint density at radius 3 is 1.73 bits per heavy atom. The summed E-state index contributed by atoms with van der Waals surface area (Å²) in [6, 6.07) is 37.4. The Balaban J connectivity index is 1.46. The molecule has 1 atom stereocenters. The van der Waals surface area contributed by atoms with Gasteiger partial charge in [0.1, 0.15) is 12.4 Å². The van der Waals surface area contributed by atoms with Gasteiger partial charge in [0.05, 0.1) is 12.1 Å². The number of hydrogen-bond acceptors (Lipinski definition) is 3. The third kappa shape index (κ3) is 6.31. The van der Waals surface area contributed by atoms with E-state index in [0.717, 1.165) is 28.0 Å². The van der Waals surface area contributed by atoms with E-state index in [9.17, 15) is 4.79 Å². The summed E-state index contributed by atoms with van der Waals surface area (Å²) in [6.45, 7) is 0.515. The zero-order chi connectivity index (χ0) is 22.9. The number of nitrogens with one attached hydrogen (secondary N) is 1. The summed E-state index contributed by atoms with van der Waals surface area (Å²) in [5.41, 5.74) is 10.1. The normalized spacial score (nSPS) is 11.8. The SMILES string of the molecule is NC(=O)[C@H](Cc1ccc(OCc2ccccc2)cc1)NC(c1ccccc1)c1ccccc1. The number of benzene rings is 4. The summed E-state index contributed by atoms with van der Waals surface area (Å²) < 4.78 is 5.87. The third-order valence-corrected chi connectivity index (χ3v) is 5.59. The highest BCUT2D eigenvalue weighted by atomic mass is 16.5. The molecule has 166 valence electrons. The van der Waals surface area contributed by atoms with Gasteiger partial charge in [-0.2, -0.15) is 0 Å².